The van der Waals surface area contributed by atoms with Gasteiger partial charge in [0.05, 0.1) is 17.8 Å². The Morgan fingerprint density at radius 3 is 2.29 bits per heavy atom. The lowest BCUT2D eigenvalue weighted by atomic mass is 9.72. The van der Waals surface area contributed by atoms with Crippen LogP contribution in [0.4, 0.5) is 0 Å². The van der Waals surface area contributed by atoms with E-state index in [1.807, 2.05) is 19.1 Å². The number of hydrogen-bond acceptors (Lipinski definition) is 2. The van der Waals surface area contributed by atoms with Crippen LogP contribution in [-0.4, -0.2) is 21.4 Å². The zero-order valence-corrected chi connectivity index (χ0v) is 20.4. The first-order chi connectivity index (χ1) is 12.9. The van der Waals surface area contributed by atoms with E-state index >= 15 is 0 Å². The quantitative estimate of drug-likeness (QED) is 0.380. The first-order valence-electron chi connectivity index (χ1n) is 10.2. The summed E-state index contributed by atoms with van der Waals surface area (Å²) in [7, 11) is -5.38. The van der Waals surface area contributed by atoms with Crippen molar-refractivity contribution in [2.75, 3.05) is 0 Å². The molecule has 0 saturated carbocycles. The van der Waals surface area contributed by atoms with E-state index in [2.05, 4.69) is 52.6 Å². The first-order valence-corrected chi connectivity index (χ1v) is 15.3. The first kappa shape index (κ1) is 22.9. The van der Waals surface area contributed by atoms with Crippen molar-refractivity contribution < 1.29 is 8.42 Å². The molecule has 0 aliphatic heterocycles. The average Bonchev–Trinajstić information content (AvgIpc) is 2.58. The van der Waals surface area contributed by atoms with Gasteiger partial charge in [0.1, 0.15) is 0 Å². The molecule has 154 valence electrons. The van der Waals surface area contributed by atoms with Crippen LogP contribution in [-0.2, 0) is 9.84 Å². The fourth-order valence-corrected chi connectivity index (χ4v) is 10.2. The molecule has 28 heavy (non-hydrogen) atoms. The molecular weight excluding hydrogens is 380 g/mol. The lowest BCUT2D eigenvalue weighted by molar-refractivity contribution is 0.377. The molecule has 1 aliphatic rings. The highest BCUT2D eigenvalue weighted by molar-refractivity contribution is 7.94. The zero-order chi connectivity index (χ0) is 21.2. The summed E-state index contributed by atoms with van der Waals surface area (Å²) in [6.07, 6.45) is 9.92. The number of benzene rings is 1. The van der Waals surface area contributed by atoms with Gasteiger partial charge in [-0.2, -0.15) is 0 Å². The molecule has 0 radical (unpaired) electrons. The molecule has 0 spiro atoms. The van der Waals surface area contributed by atoms with Crippen molar-refractivity contribution in [2.24, 2.45) is 5.41 Å². The summed E-state index contributed by atoms with van der Waals surface area (Å²) in [5.74, 6) is 0. The Bertz CT molecular complexity index is 882. The summed E-state index contributed by atoms with van der Waals surface area (Å²) in [6.45, 7) is 15.2. The van der Waals surface area contributed by atoms with Crippen LogP contribution in [0, 0.1) is 5.41 Å². The molecule has 2 rings (SSSR count). The molecule has 0 N–H and O–H groups in total. The maximum Gasteiger partial charge on any atom is 0.182 e. The monoisotopic (exact) mass is 416 g/mol. The van der Waals surface area contributed by atoms with E-state index in [4.69, 9.17) is 0 Å². The predicted molar refractivity (Wildman–Crippen MR) is 124 cm³/mol. The smallest absolute Gasteiger partial charge is 0.182 e. The molecule has 1 atom stereocenters. The average molecular weight is 417 g/mol. The Labute approximate surface area is 173 Å². The number of hydrogen-bond donors (Lipinski definition) is 0. The largest absolute Gasteiger partial charge is 0.223 e. The van der Waals surface area contributed by atoms with Crippen molar-refractivity contribution in [3.8, 4) is 0 Å². The Morgan fingerprint density at radius 2 is 1.75 bits per heavy atom. The van der Waals surface area contributed by atoms with E-state index < -0.39 is 22.8 Å². The SMILES string of the molecule is CC1=C(/C=C/C(C)=C/C([Si](C)(C)C)S(=O)(=O)c2ccccc2)C(C)(C)CCC1. The highest BCUT2D eigenvalue weighted by Gasteiger charge is 2.37. The lowest BCUT2D eigenvalue weighted by Crippen LogP contribution is -2.43. The lowest BCUT2D eigenvalue weighted by Gasteiger charge is -2.33. The Kier molecular flexibility index (Phi) is 6.98. The summed E-state index contributed by atoms with van der Waals surface area (Å²) < 4.78 is 26.7. The van der Waals surface area contributed by atoms with Gasteiger partial charge in [0.25, 0.3) is 0 Å². The van der Waals surface area contributed by atoms with E-state index in [1.165, 1.54) is 24.0 Å². The fourth-order valence-electron chi connectivity index (χ4n) is 4.08. The number of sulfone groups is 1. The van der Waals surface area contributed by atoms with Gasteiger partial charge in [-0.05, 0) is 56.2 Å². The molecule has 0 bridgehead atoms. The second kappa shape index (κ2) is 8.54. The van der Waals surface area contributed by atoms with Crippen LogP contribution < -0.4 is 0 Å². The summed E-state index contributed by atoms with van der Waals surface area (Å²) in [6, 6.07) is 8.87. The summed E-state index contributed by atoms with van der Waals surface area (Å²) in [5.41, 5.74) is 4.07. The van der Waals surface area contributed by atoms with Crippen LogP contribution in [0.1, 0.15) is 47.0 Å². The van der Waals surface area contributed by atoms with Crippen molar-refractivity contribution in [3.63, 3.8) is 0 Å². The summed E-state index contributed by atoms with van der Waals surface area (Å²) in [5, 5.41) is 0. The molecule has 1 unspecified atom stereocenters. The van der Waals surface area contributed by atoms with Gasteiger partial charge < -0.3 is 0 Å². The van der Waals surface area contributed by atoms with Crippen molar-refractivity contribution in [1.82, 2.24) is 0 Å². The maximum absolute atomic E-state index is 13.3. The van der Waals surface area contributed by atoms with E-state index in [0.29, 0.717) is 4.90 Å². The zero-order valence-electron chi connectivity index (χ0n) is 18.5. The van der Waals surface area contributed by atoms with Gasteiger partial charge in [0, 0.05) is 0 Å². The van der Waals surface area contributed by atoms with Crippen LogP contribution in [0.2, 0.25) is 19.6 Å². The summed E-state index contributed by atoms with van der Waals surface area (Å²) in [4.78, 5) is -0.0242. The normalized spacial score (nSPS) is 19.9. The minimum atomic E-state index is -3.39. The Morgan fingerprint density at radius 1 is 1.14 bits per heavy atom. The van der Waals surface area contributed by atoms with Crippen LogP contribution >= 0.6 is 0 Å². The number of rotatable bonds is 6. The third-order valence-corrected chi connectivity index (χ3v) is 12.4. The summed E-state index contributed by atoms with van der Waals surface area (Å²) >= 11 is 0. The van der Waals surface area contributed by atoms with Crippen molar-refractivity contribution in [3.05, 3.63) is 65.3 Å². The third-order valence-electron chi connectivity index (χ3n) is 5.73. The molecule has 0 aromatic heterocycles. The van der Waals surface area contributed by atoms with Gasteiger partial charge in [0.15, 0.2) is 9.84 Å². The van der Waals surface area contributed by atoms with Crippen LogP contribution in [0.25, 0.3) is 0 Å². The van der Waals surface area contributed by atoms with Gasteiger partial charge in [0.2, 0.25) is 0 Å². The van der Waals surface area contributed by atoms with Crippen molar-refractivity contribution >= 4 is 17.9 Å². The number of allylic oxidation sites excluding steroid dienone is 5. The minimum absolute atomic E-state index is 0.188. The maximum atomic E-state index is 13.3. The van der Waals surface area contributed by atoms with Crippen LogP contribution in [0.15, 0.2) is 70.2 Å². The van der Waals surface area contributed by atoms with E-state index in [-0.39, 0.29) is 5.41 Å². The fraction of sp³-hybridized carbons (Fsp3) is 0.500. The van der Waals surface area contributed by atoms with E-state index in [1.54, 1.807) is 24.3 Å². The Hall–Kier alpha value is -1.39. The van der Waals surface area contributed by atoms with Gasteiger partial charge in [-0.1, -0.05) is 81.1 Å². The van der Waals surface area contributed by atoms with Crippen LogP contribution in [0.3, 0.4) is 0 Å². The molecular formula is C24H36O2SSi. The highest BCUT2D eigenvalue weighted by atomic mass is 32.2. The van der Waals surface area contributed by atoms with Crippen molar-refractivity contribution in [2.45, 2.75) is 76.4 Å². The molecule has 1 aromatic carbocycles. The minimum Gasteiger partial charge on any atom is -0.223 e. The van der Waals surface area contributed by atoms with Gasteiger partial charge >= 0.3 is 0 Å². The van der Waals surface area contributed by atoms with Gasteiger partial charge in [-0.25, -0.2) is 8.42 Å². The third kappa shape index (κ3) is 5.35. The second-order valence-corrected chi connectivity index (χ2v) is 17.7. The molecule has 1 aliphatic carbocycles. The molecule has 2 nitrogen and oxygen atoms in total. The van der Waals surface area contributed by atoms with Gasteiger partial charge in [-0.15, -0.1) is 0 Å². The second-order valence-electron chi connectivity index (χ2n) is 9.82. The predicted octanol–water partition coefficient (Wildman–Crippen LogP) is 6.74. The van der Waals surface area contributed by atoms with E-state index in [0.717, 1.165) is 12.0 Å². The van der Waals surface area contributed by atoms with Gasteiger partial charge in [-0.3, -0.25) is 0 Å². The molecule has 0 fully saturated rings. The molecule has 0 amide bonds. The van der Waals surface area contributed by atoms with Crippen molar-refractivity contribution in [1.29, 1.82) is 0 Å². The Balaban J connectivity index is 2.40. The highest BCUT2D eigenvalue weighted by Crippen LogP contribution is 2.40. The molecule has 1 aromatic rings. The van der Waals surface area contributed by atoms with Crippen LogP contribution in [0.5, 0.6) is 0 Å². The van der Waals surface area contributed by atoms with E-state index in [9.17, 15) is 8.42 Å². The molecule has 0 heterocycles. The topological polar surface area (TPSA) is 34.1 Å². The standard InChI is InChI=1S/C24H36O2SSi/c1-19(15-16-22-20(2)12-11-17-24(22,3)4)18-23(28(5,6)7)27(25,26)21-13-9-8-10-14-21/h8-10,13-16,18,23H,11-12,17H2,1-7H3/b16-15+,19-18+. The molecule has 0 saturated heterocycles. The molecule has 4 heteroatoms.